The van der Waals surface area contributed by atoms with Gasteiger partial charge in [-0.25, -0.2) is 0 Å². The number of carbonyl (C=O) groups is 1. The van der Waals surface area contributed by atoms with Gasteiger partial charge in [-0.2, -0.15) is 0 Å². The highest BCUT2D eigenvalue weighted by Gasteiger charge is 2.17. The fourth-order valence-corrected chi connectivity index (χ4v) is 2.55. The van der Waals surface area contributed by atoms with E-state index in [0.717, 1.165) is 5.56 Å². The third-order valence-electron chi connectivity index (χ3n) is 3.76. The SMILES string of the molecule is Cn1cnnc1-c1ccccc1NC(=O)c1ccc2c(c1)OCO2. The first-order valence-corrected chi connectivity index (χ1v) is 7.37. The highest BCUT2D eigenvalue weighted by atomic mass is 16.7. The molecule has 1 amide bonds. The lowest BCUT2D eigenvalue weighted by molar-refractivity contribution is 0.102. The van der Waals surface area contributed by atoms with E-state index in [1.807, 2.05) is 31.3 Å². The molecule has 7 nitrogen and oxygen atoms in total. The van der Waals surface area contributed by atoms with Gasteiger partial charge in [0.25, 0.3) is 5.91 Å². The van der Waals surface area contributed by atoms with Crippen molar-refractivity contribution in [1.29, 1.82) is 0 Å². The van der Waals surface area contributed by atoms with Crippen LogP contribution in [-0.2, 0) is 7.05 Å². The smallest absolute Gasteiger partial charge is 0.255 e. The van der Waals surface area contributed by atoms with Gasteiger partial charge in [-0.05, 0) is 30.3 Å². The molecule has 1 aliphatic rings. The Balaban J connectivity index is 1.64. The molecule has 0 atom stereocenters. The van der Waals surface area contributed by atoms with Crippen molar-refractivity contribution in [1.82, 2.24) is 14.8 Å². The Morgan fingerprint density at radius 2 is 2.00 bits per heavy atom. The van der Waals surface area contributed by atoms with Crippen LogP contribution in [-0.4, -0.2) is 27.5 Å². The second-order valence-corrected chi connectivity index (χ2v) is 5.33. The van der Waals surface area contributed by atoms with E-state index in [0.29, 0.717) is 28.6 Å². The summed E-state index contributed by atoms with van der Waals surface area (Å²) in [5.74, 6) is 1.66. The number of rotatable bonds is 3. The van der Waals surface area contributed by atoms with Gasteiger partial charge in [-0.1, -0.05) is 12.1 Å². The minimum atomic E-state index is -0.233. The topological polar surface area (TPSA) is 78.3 Å². The number of aryl methyl sites for hydroxylation is 1. The molecule has 0 saturated carbocycles. The summed E-state index contributed by atoms with van der Waals surface area (Å²) in [5.41, 5.74) is 1.95. The van der Waals surface area contributed by atoms with E-state index >= 15 is 0 Å². The summed E-state index contributed by atoms with van der Waals surface area (Å²) in [5, 5.41) is 10.9. The average molecular weight is 322 g/mol. The monoisotopic (exact) mass is 322 g/mol. The molecule has 0 saturated heterocycles. The minimum Gasteiger partial charge on any atom is -0.454 e. The number of hydrogen-bond acceptors (Lipinski definition) is 5. The van der Waals surface area contributed by atoms with Crippen molar-refractivity contribution in [3.63, 3.8) is 0 Å². The number of carbonyl (C=O) groups excluding carboxylic acids is 1. The Kier molecular flexibility index (Phi) is 3.38. The van der Waals surface area contributed by atoms with Crippen LogP contribution in [0.3, 0.4) is 0 Å². The van der Waals surface area contributed by atoms with Crippen molar-refractivity contribution in [2.45, 2.75) is 0 Å². The van der Waals surface area contributed by atoms with Crippen LogP contribution in [0.15, 0.2) is 48.8 Å². The van der Waals surface area contributed by atoms with E-state index < -0.39 is 0 Å². The predicted octanol–water partition coefficient (Wildman–Crippen LogP) is 2.46. The highest BCUT2D eigenvalue weighted by molar-refractivity contribution is 6.06. The molecule has 1 aromatic heterocycles. The maximum absolute atomic E-state index is 12.6. The van der Waals surface area contributed by atoms with E-state index in [4.69, 9.17) is 9.47 Å². The van der Waals surface area contributed by atoms with E-state index in [1.165, 1.54) is 0 Å². The zero-order chi connectivity index (χ0) is 16.5. The summed E-state index contributed by atoms with van der Waals surface area (Å²) in [4.78, 5) is 12.6. The molecule has 0 unspecified atom stereocenters. The van der Waals surface area contributed by atoms with Crippen molar-refractivity contribution >= 4 is 11.6 Å². The fourth-order valence-electron chi connectivity index (χ4n) is 2.55. The first-order chi connectivity index (χ1) is 11.7. The molecule has 1 N–H and O–H groups in total. The fraction of sp³-hybridized carbons (Fsp3) is 0.118. The number of fused-ring (bicyclic) bond motifs is 1. The molecule has 0 radical (unpaired) electrons. The van der Waals surface area contributed by atoms with Crippen molar-refractivity contribution in [3.05, 3.63) is 54.4 Å². The van der Waals surface area contributed by atoms with E-state index in [-0.39, 0.29) is 12.7 Å². The maximum Gasteiger partial charge on any atom is 0.255 e. The third-order valence-corrected chi connectivity index (χ3v) is 3.76. The van der Waals surface area contributed by atoms with Crippen molar-refractivity contribution in [2.75, 3.05) is 12.1 Å². The summed E-state index contributed by atoms with van der Waals surface area (Å²) < 4.78 is 12.4. The molecule has 7 heteroatoms. The van der Waals surface area contributed by atoms with Gasteiger partial charge in [0.1, 0.15) is 6.33 Å². The Hall–Kier alpha value is -3.35. The number of para-hydroxylation sites is 1. The third kappa shape index (κ3) is 2.45. The number of benzene rings is 2. The zero-order valence-electron chi connectivity index (χ0n) is 12.9. The van der Waals surface area contributed by atoms with Crippen LogP contribution in [0.4, 0.5) is 5.69 Å². The number of nitrogens with one attached hydrogen (secondary N) is 1. The molecule has 2 heterocycles. The molecule has 0 spiro atoms. The van der Waals surface area contributed by atoms with Crippen LogP contribution >= 0.6 is 0 Å². The van der Waals surface area contributed by atoms with Gasteiger partial charge in [0.2, 0.25) is 6.79 Å². The summed E-state index contributed by atoms with van der Waals surface area (Å²) in [7, 11) is 1.85. The summed E-state index contributed by atoms with van der Waals surface area (Å²) in [6.45, 7) is 0.176. The average Bonchev–Trinajstić information content (AvgIpc) is 3.23. The molecular formula is C17H14N4O3. The lowest BCUT2D eigenvalue weighted by Gasteiger charge is -2.10. The Morgan fingerprint density at radius 3 is 2.83 bits per heavy atom. The largest absolute Gasteiger partial charge is 0.454 e. The molecule has 1 aliphatic heterocycles. The molecule has 3 aromatic rings. The normalized spacial score (nSPS) is 12.2. The molecule has 0 aliphatic carbocycles. The lowest BCUT2D eigenvalue weighted by atomic mass is 10.1. The van der Waals surface area contributed by atoms with Gasteiger partial charge in [0.05, 0.1) is 5.69 Å². The van der Waals surface area contributed by atoms with Crippen LogP contribution in [0.25, 0.3) is 11.4 Å². The highest BCUT2D eigenvalue weighted by Crippen LogP contribution is 2.33. The second kappa shape index (κ2) is 5.69. The lowest BCUT2D eigenvalue weighted by Crippen LogP contribution is -2.13. The van der Waals surface area contributed by atoms with Gasteiger partial charge in [-0.3, -0.25) is 4.79 Å². The summed E-state index contributed by atoms with van der Waals surface area (Å²) in [6.07, 6.45) is 1.62. The molecule has 24 heavy (non-hydrogen) atoms. The molecule has 0 fully saturated rings. The van der Waals surface area contributed by atoms with Gasteiger partial charge in [-0.15, -0.1) is 10.2 Å². The number of anilines is 1. The number of aromatic nitrogens is 3. The first kappa shape index (κ1) is 14.3. The minimum absolute atomic E-state index is 0.176. The van der Waals surface area contributed by atoms with E-state index in [1.54, 1.807) is 29.1 Å². The van der Waals surface area contributed by atoms with Crippen LogP contribution in [0.1, 0.15) is 10.4 Å². The summed E-state index contributed by atoms with van der Waals surface area (Å²) in [6, 6.07) is 12.6. The van der Waals surface area contributed by atoms with Gasteiger partial charge in [0, 0.05) is 18.2 Å². The van der Waals surface area contributed by atoms with Gasteiger partial charge < -0.3 is 19.4 Å². The second-order valence-electron chi connectivity index (χ2n) is 5.33. The number of hydrogen-bond donors (Lipinski definition) is 1. The van der Waals surface area contributed by atoms with E-state index in [9.17, 15) is 4.79 Å². The number of nitrogens with zero attached hydrogens (tertiary/aromatic N) is 3. The molecule has 0 bridgehead atoms. The Morgan fingerprint density at radius 1 is 1.17 bits per heavy atom. The van der Waals surface area contributed by atoms with Crippen LogP contribution < -0.4 is 14.8 Å². The Bertz CT molecular complexity index is 920. The predicted molar refractivity (Wildman–Crippen MR) is 87.0 cm³/mol. The number of amides is 1. The van der Waals surface area contributed by atoms with Crippen LogP contribution in [0, 0.1) is 0 Å². The standard InChI is InChI=1S/C17H14N4O3/c1-21-9-18-20-16(21)12-4-2-3-5-13(12)19-17(22)11-6-7-14-15(8-11)24-10-23-14/h2-9H,10H2,1H3,(H,19,22). The maximum atomic E-state index is 12.6. The first-order valence-electron chi connectivity index (χ1n) is 7.37. The Labute approximate surface area is 137 Å². The van der Waals surface area contributed by atoms with Crippen molar-refractivity contribution in [2.24, 2.45) is 7.05 Å². The quantitative estimate of drug-likeness (QED) is 0.801. The van der Waals surface area contributed by atoms with Crippen LogP contribution in [0.2, 0.25) is 0 Å². The van der Waals surface area contributed by atoms with Crippen molar-refractivity contribution < 1.29 is 14.3 Å². The molecule has 4 rings (SSSR count). The van der Waals surface area contributed by atoms with Crippen LogP contribution in [0.5, 0.6) is 11.5 Å². The van der Waals surface area contributed by atoms with Gasteiger partial charge >= 0.3 is 0 Å². The van der Waals surface area contributed by atoms with Crippen molar-refractivity contribution in [3.8, 4) is 22.9 Å². The zero-order valence-corrected chi connectivity index (χ0v) is 12.9. The number of ether oxygens (including phenoxy) is 2. The van der Waals surface area contributed by atoms with E-state index in [2.05, 4.69) is 15.5 Å². The summed E-state index contributed by atoms with van der Waals surface area (Å²) >= 11 is 0. The molecular weight excluding hydrogens is 308 g/mol. The molecule has 2 aromatic carbocycles. The van der Waals surface area contributed by atoms with Gasteiger partial charge in [0.15, 0.2) is 17.3 Å². The molecule has 120 valence electrons.